The van der Waals surface area contributed by atoms with Crippen LogP contribution in [0.5, 0.6) is 0 Å². The molecule has 0 amide bonds. The van der Waals surface area contributed by atoms with Gasteiger partial charge in [-0.25, -0.2) is 4.68 Å². The summed E-state index contributed by atoms with van der Waals surface area (Å²) >= 11 is 3.21. The fourth-order valence-electron chi connectivity index (χ4n) is 1.18. The van der Waals surface area contributed by atoms with E-state index in [0.717, 1.165) is 33.9 Å². The molecule has 16 heavy (non-hydrogen) atoms. The minimum absolute atomic E-state index is 0.738. The summed E-state index contributed by atoms with van der Waals surface area (Å²) in [5, 5.41) is 20.6. The highest BCUT2D eigenvalue weighted by Crippen LogP contribution is 2.24. The van der Waals surface area contributed by atoms with E-state index in [-0.39, 0.29) is 0 Å². The van der Waals surface area contributed by atoms with Crippen LogP contribution in [0, 0.1) is 6.92 Å². The van der Waals surface area contributed by atoms with E-state index in [1.54, 1.807) is 23.1 Å². The van der Waals surface area contributed by atoms with Gasteiger partial charge in [0.15, 0.2) is 10.2 Å². The fourth-order valence-corrected chi connectivity index (χ4v) is 2.92. The predicted octanol–water partition coefficient (Wildman–Crippen LogP) is 1.54. The van der Waals surface area contributed by atoms with Crippen LogP contribution < -0.4 is 0 Å². The number of nitrogens with zero attached hydrogens (tertiary/aromatic N) is 6. The largest absolute Gasteiger partial charge is 0.229 e. The summed E-state index contributed by atoms with van der Waals surface area (Å²) in [5.74, 6) is 1.63. The highest BCUT2D eigenvalue weighted by Gasteiger charge is 2.08. The number of aryl methyl sites for hydroxylation is 2. The third-order valence-electron chi connectivity index (χ3n) is 1.87. The molecular weight excluding hydrogens is 244 g/mol. The molecule has 0 N–H and O–H groups in total. The summed E-state index contributed by atoms with van der Waals surface area (Å²) in [7, 11) is 0. The molecule has 0 spiro atoms. The van der Waals surface area contributed by atoms with E-state index in [1.165, 1.54) is 0 Å². The van der Waals surface area contributed by atoms with Crippen molar-refractivity contribution in [2.45, 2.75) is 36.9 Å². The van der Waals surface area contributed by atoms with E-state index in [2.05, 4.69) is 32.6 Å². The van der Waals surface area contributed by atoms with E-state index < -0.39 is 0 Å². The second-order valence-corrected chi connectivity index (χ2v) is 5.60. The lowest BCUT2D eigenvalue weighted by molar-refractivity contribution is 0.564. The first kappa shape index (κ1) is 11.5. The molecule has 0 fully saturated rings. The second kappa shape index (κ2) is 5.35. The van der Waals surface area contributed by atoms with Gasteiger partial charge in [0.1, 0.15) is 5.01 Å². The Morgan fingerprint density at radius 2 is 2.19 bits per heavy atom. The molecular formula is C8H12N6S2. The average Bonchev–Trinajstić information content (AvgIpc) is 2.85. The molecule has 0 aliphatic heterocycles. The van der Waals surface area contributed by atoms with E-state index in [1.807, 2.05) is 11.6 Å². The molecule has 0 saturated carbocycles. The Morgan fingerprint density at radius 3 is 2.88 bits per heavy atom. The normalized spacial score (nSPS) is 10.9. The van der Waals surface area contributed by atoms with Crippen molar-refractivity contribution in [2.24, 2.45) is 0 Å². The van der Waals surface area contributed by atoms with Crippen molar-refractivity contribution >= 4 is 23.1 Å². The van der Waals surface area contributed by atoms with Crippen LogP contribution in [-0.2, 0) is 12.3 Å². The number of thioether (sulfide) groups is 1. The number of hydrogen-bond donors (Lipinski definition) is 0. The lowest BCUT2D eigenvalue weighted by Crippen LogP contribution is -2.04. The number of aromatic nitrogens is 6. The van der Waals surface area contributed by atoms with Crippen molar-refractivity contribution in [1.29, 1.82) is 0 Å². The van der Waals surface area contributed by atoms with Crippen LogP contribution in [0.2, 0.25) is 0 Å². The third-order valence-corrected chi connectivity index (χ3v) is 3.84. The van der Waals surface area contributed by atoms with Crippen LogP contribution in [-0.4, -0.2) is 30.4 Å². The van der Waals surface area contributed by atoms with Gasteiger partial charge in [0.25, 0.3) is 0 Å². The predicted molar refractivity (Wildman–Crippen MR) is 62.3 cm³/mol. The van der Waals surface area contributed by atoms with Gasteiger partial charge in [-0.2, -0.15) is 0 Å². The maximum atomic E-state index is 4.04. The summed E-state index contributed by atoms with van der Waals surface area (Å²) in [4.78, 5) is 0. The van der Waals surface area contributed by atoms with Crippen molar-refractivity contribution < 1.29 is 0 Å². The monoisotopic (exact) mass is 256 g/mol. The summed E-state index contributed by atoms with van der Waals surface area (Å²) in [6.07, 6.45) is 1.03. The van der Waals surface area contributed by atoms with Crippen LogP contribution in [0.15, 0.2) is 4.34 Å². The molecule has 0 unspecified atom stereocenters. The first-order valence-electron chi connectivity index (χ1n) is 4.97. The zero-order valence-corrected chi connectivity index (χ0v) is 10.8. The Hall–Kier alpha value is -1.02. The van der Waals surface area contributed by atoms with Gasteiger partial charge in [-0.1, -0.05) is 30.0 Å². The van der Waals surface area contributed by atoms with Crippen LogP contribution in [0.1, 0.15) is 24.2 Å². The summed E-state index contributed by atoms with van der Waals surface area (Å²) in [5.41, 5.74) is 0. The number of tetrazole rings is 1. The molecule has 6 nitrogen and oxygen atoms in total. The molecule has 8 heteroatoms. The molecule has 0 atom stereocenters. The van der Waals surface area contributed by atoms with Crippen molar-refractivity contribution in [3.05, 3.63) is 10.8 Å². The van der Waals surface area contributed by atoms with Gasteiger partial charge < -0.3 is 0 Å². The van der Waals surface area contributed by atoms with Crippen LogP contribution >= 0.6 is 23.1 Å². The van der Waals surface area contributed by atoms with Crippen LogP contribution in [0.3, 0.4) is 0 Å². The Balaban J connectivity index is 1.96. The highest BCUT2D eigenvalue weighted by atomic mass is 32.2. The minimum Gasteiger partial charge on any atom is -0.229 e. The van der Waals surface area contributed by atoms with Crippen LogP contribution in [0.4, 0.5) is 0 Å². The third kappa shape index (κ3) is 2.76. The van der Waals surface area contributed by atoms with E-state index in [0.29, 0.717) is 0 Å². The van der Waals surface area contributed by atoms with Gasteiger partial charge >= 0.3 is 0 Å². The quantitative estimate of drug-likeness (QED) is 0.756. The number of rotatable bonds is 5. The van der Waals surface area contributed by atoms with Gasteiger partial charge in [-0.15, -0.1) is 15.3 Å². The van der Waals surface area contributed by atoms with Crippen molar-refractivity contribution in [1.82, 2.24) is 30.4 Å². The molecule has 2 heterocycles. The standard InChI is InChI=1S/C8H12N6S2/c1-3-4-14-7(10-12-13-14)5-15-8-11-9-6(2)16-8/h3-5H2,1-2H3. The maximum absolute atomic E-state index is 4.04. The van der Waals surface area contributed by atoms with Gasteiger partial charge in [0.05, 0.1) is 5.75 Å². The molecule has 86 valence electrons. The maximum Gasteiger partial charge on any atom is 0.174 e. The highest BCUT2D eigenvalue weighted by molar-refractivity contribution is 8.00. The lowest BCUT2D eigenvalue weighted by Gasteiger charge is -2.00. The van der Waals surface area contributed by atoms with Crippen LogP contribution in [0.25, 0.3) is 0 Å². The molecule has 0 aliphatic rings. The zero-order valence-electron chi connectivity index (χ0n) is 9.12. The molecule has 0 bridgehead atoms. The summed E-state index contributed by atoms with van der Waals surface area (Å²) < 4.78 is 2.80. The first-order valence-corrected chi connectivity index (χ1v) is 6.77. The Kier molecular flexibility index (Phi) is 3.83. The molecule has 0 saturated heterocycles. The van der Waals surface area contributed by atoms with Crippen molar-refractivity contribution in [3.8, 4) is 0 Å². The van der Waals surface area contributed by atoms with E-state index in [4.69, 9.17) is 0 Å². The van der Waals surface area contributed by atoms with Crippen molar-refractivity contribution in [2.75, 3.05) is 0 Å². The van der Waals surface area contributed by atoms with E-state index in [9.17, 15) is 0 Å². The first-order chi connectivity index (χ1) is 7.79. The lowest BCUT2D eigenvalue weighted by atomic mass is 10.5. The fraction of sp³-hybridized carbons (Fsp3) is 0.625. The molecule has 0 aliphatic carbocycles. The molecule has 2 aromatic rings. The molecule has 2 aromatic heterocycles. The smallest absolute Gasteiger partial charge is 0.174 e. The van der Waals surface area contributed by atoms with Gasteiger partial charge in [0, 0.05) is 6.54 Å². The van der Waals surface area contributed by atoms with Gasteiger partial charge in [-0.3, -0.25) is 0 Å². The van der Waals surface area contributed by atoms with Gasteiger partial charge in [-0.05, 0) is 23.8 Å². The summed E-state index contributed by atoms with van der Waals surface area (Å²) in [6.45, 7) is 4.91. The molecule has 2 rings (SSSR count). The molecule has 0 radical (unpaired) electrons. The zero-order chi connectivity index (χ0) is 11.4. The Bertz CT molecular complexity index is 451. The van der Waals surface area contributed by atoms with Crippen molar-refractivity contribution in [3.63, 3.8) is 0 Å². The molecule has 0 aromatic carbocycles. The minimum atomic E-state index is 0.738. The average molecular weight is 256 g/mol. The topological polar surface area (TPSA) is 69.4 Å². The number of hydrogen-bond acceptors (Lipinski definition) is 7. The van der Waals surface area contributed by atoms with Gasteiger partial charge in [0.2, 0.25) is 0 Å². The Morgan fingerprint density at radius 1 is 1.31 bits per heavy atom. The Labute approximate surface area is 101 Å². The van der Waals surface area contributed by atoms with E-state index >= 15 is 0 Å². The summed E-state index contributed by atoms with van der Waals surface area (Å²) in [6, 6.07) is 0. The second-order valence-electron chi connectivity index (χ2n) is 3.19. The SMILES string of the molecule is CCCn1nnnc1CSc1nnc(C)s1.